The fourth-order valence-electron chi connectivity index (χ4n) is 3.83. The number of nitrogens with one attached hydrogen (secondary N) is 1. The minimum atomic E-state index is -0.518. The van der Waals surface area contributed by atoms with Gasteiger partial charge in [0.25, 0.3) is 0 Å². The molecule has 2 atom stereocenters. The molecular weight excluding hydrogens is 387 g/mol. The summed E-state index contributed by atoms with van der Waals surface area (Å²) in [6, 6.07) is 13.1. The number of benzene rings is 2. The lowest BCUT2D eigenvalue weighted by Gasteiger charge is -2.23. The van der Waals surface area contributed by atoms with Gasteiger partial charge >= 0.3 is 0 Å². The SMILES string of the molecule is O=C(Nc1ccccc1OCC1CCCCO1)C1CC(=O)N(c2cccc(F)c2)C1. The number of para-hydroxylation sites is 2. The van der Waals surface area contributed by atoms with Crippen LogP contribution in [0.4, 0.5) is 15.8 Å². The highest BCUT2D eigenvalue weighted by Crippen LogP contribution is 2.29. The van der Waals surface area contributed by atoms with E-state index in [4.69, 9.17) is 9.47 Å². The number of rotatable bonds is 6. The van der Waals surface area contributed by atoms with Crippen molar-refractivity contribution < 1.29 is 23.5 Å². The van der Waals surface area contributed by atoms with Gasteiger partial charge in [-0.15, -0.1) is 0 Å². The molecule has 0 radical (unpaired) electrons. The van der Waals surface area contributed by atoms with Crippen molar-refractivity contribution >= 4 is 23.2 Å². The van der Waals surface area contributed by atoms with E-state index in [1.807, 2.05) is 12.1 Å². The van der Waals surface area contributed by atoms with Gasteiger partial charge in [-0.05, 0) is 49.6 Å². The molecule has 158 valence electrons. The van der Waals surface area contributed by atoms with Gasteiger partial charge in [0, 0.05) is 25.3 Å². The number of anilines is 2. The number of nitrogens with zero attached hydrogens (tertiary/aromatic N) is 1. The Labute approximate surface area is 175 Å². The van der Waals surface area contributed by atoms with Crippen LogP contribution in [0.15, 0.2) is 48.5 Å². The molecule has 0 aliphatic carbocycles. The normalized spacial score (nSPS) is 21.5. The van der Waals surface area contributed by atoms with Gasteiger partial charge in [0.1, 0.15) is 18.2 Å². The molecule has 30 heavy (non-hydrogen) atoms. The average Bonchev–Trinajstić information content (AvgIpc) is 3.16. The Hall–Kier alpha value is -2.93. The molecule has 2 aromatic rings. The first kappa shape index (κ1) is 20.3. The Morgan fingerprint density at radius 3 is 2.87 bits per heavy atom. The van der Waals surface area contributed by atoms with Crippen LogP contribution < -0.4 is 15.0 Å². The van der Waals surface area contributed by atoms with E-state index in [-0.39, 0.29) is 30.9 Å². The average molecular weight is 412 g/mol. The third-order valence-corrected chi connectivity index (χ3v) is 5.46. The van der Waals surface area contributed by atoms with Crippen LogP contribution >= 0.6 is 0 Å². The smallest absolute Gasteiger partial charge is 0.229 e. The first-order chi connectivity index (χ1) is 14.6. The fourth-order valence-corrected chi connectivity index (χ4v) is 3.83. The molecule has 2 saturated heterocycles. The van der Waals surface area contributed by atoms with Crippen LogP contribution in [0.25, 0.3) is 0 Å². The zero-order valence-corrected chi connectivity index (χ0v) is 16.7. The van der Waals surface area contributed by atoms with E-state index in [0.29, 0.717) is 23.7 Å². The second kappa shape index (κ2) is 9.26. The summed E-state index contributed by atoms with van der Waals surface area (Å²) in [4.78, 5) is 26.7. The van der Waals surface area contributed by atoms with Crippen molar-refractivity contribution in [2.24, 2.45) is 5.92 Å². The Morgan fingerprint density at radius 2 is 2.07 bits per heavy atom. The minimum absolute atomic E-state index is 0.0646. The van der Waals surface area contributed by atoms with E-state index >= 15 is 0 Å². The van der Waals surface area contributed by atoms with Crippen LogP contribution in [0.2, 0.25) is 0 Å². The van der Waals surface area contributed by atoms with Crippen molar-refractivity contribution in [1.82, 2.24) is 0 Å². The van der Waals surface area contributed by atoms with Crippen molar-refractivity contribution in [3.05, 3.63) is 54.3 Å². The molecule has 6 nitrogen and oxygen atoms in total. The number of halogens is 1. The number of hydrogen-bond donors (Lipinski definition) is 1. The summed E-state index contributed by atoms with van der Waals surface area (Å²) in [5, 5.41) is 2.89. The van der Waals surface area contributed by atoms with Gasteiger partial charge in [0.05, 0.1) is 17.7 Å². The van der Waals surface area contributed by atoms with Gasteiger partial charge in [0.2, 0.25) is 11.8 Å². The Kier molecular flexibility index (Phi) is 6.28. The predicted octanol–water partition coefficient (Wildman–Crippen LogP) is 3.77. The lowest BCUT2D eigenvalue weighted by Crippen LogP contribution is -2.28. The quantitative estimate of drug-likeness (QED) is 0.784. The van der Waals surface area contributed by atoms with Crippen LogP contribution in [-0.4, -0.2) is 37.7 Å². The lowest BCUT2D eigenvalue weighted by atomic mass is 10.1. The third-order valence-electron chi connectivity index (χ3n) is 5.46. The molecule has 4 rings (SSSR count). The molecule has 2 amide bonds. The number of hydrogen-bond acceptors (Lipinski definition) is 4. The highest BCUT2D eigenvalue weighted by atomic mass is 19.1. The fraction of sp³-hybridized carbons (Fsp3) is 0.391. The summed E-state index contributed by atoms with van der Waals surface area (Å²) < 4.78 is 25.1. The molecule has 0 spiro atoms. The van der Waals surface area contributed by atoms with Crippen molar-refractivity contribution in [1.29, 1.82) is 0 Å². The van der Waals surface area contributed by atoms with Gasteiger partial charge in [0.15, 0.2) is 0 Å². The Morgan fingerprint density at radius 1 is 1.20 bits per heavy atom. The van der Waals surface area contributed by atoms with Crippen molar-refractivity contribution in [2.45, 2.75) is 31.8 Å². The number of carbonyl (C=O) groups excluding carboxylic acids is 2. The monoisotopic (exact) mass is 412 g/mol. The van der Waals surface area contributed by atoms with Crippen LogP contribution in [0.3, 0.4) is 0 Å². The Balaban J connectivity index is 1.38. The maximum absolute atomic E-state index is 13.5. The molecule has 7 heteroatoms. The minimum Gasteiger partial charge on any atom is -0.489 e. The van der Waals surface area contributed by atoms with Crippen LogP contribution in [-0.2, 0) is 14.3 Å². The van der Waals surface area contributed by atoms with Crippen molar-refractivity contribution in [3.63, 3.8) is 0 Å². The first-order valence-corrected chi connectivity index (χ1v) is 10.3. The summed E-state index contributed by atoms with van der Waals surface area (Å²) in [5.41, 5.74) is 1.03. The van der Waals surface area contributed by atoms with Gasteiger partial charge < -0.3 is 19.7 Å². The highest BCUT2D eigenvalue weighted by Gasteiger charge is 2.35. The summed E-state index contributed by atoms with van der Waals surface area (Å²) >= 11 is 0. The zero-order chi connectivity index (χ0) is 20.9. The lowest BCUT2D eigenvalue weighted by molar-refractivity contribution is -0.122. The summed E-state index contributed by atoms with van der Waals surface area (Å²) in [7, 11) is 0. The van der Waals surface area contributed by atoms with E-state index in [1.165, 1.54) is 17.0 Å². The molecule has 0 saturated carbocycles. The van der Waals surface area contributed by atoms with Crippen LogP contribution in [0, 0.1) is 11.7 Å². The molecule has 2 heterocycles. The van der Waals surface area contributed by atoms with Crippen molar-refractivity contribution in [3.8, 4) is 5.75 Å². The first-order valence-electron chi connectivity index (χ1n) is 10.3. The molecule has 1 N–H and O–H groups in total. The third kappa shape index (κ3) is 4.79. The number of amides is 2. The predicted molar refractivity (Wildman–Crippen MR) is 111 cm³/mol. The van der Waals surface area contributed by atoms with Gasteiger partial charge in [-0.1, -0.05) is 18.2 Å². The largest absolute Gasteiger partial charge is 0.489 e. The topological polar surface area (TPSA) is 67.9 Å². The van der Waals surface area contributed by atoms with E-state index in [1.54, 1.807) is 24.3 Å². The maximum atomic E-state index is 13.5. The van der Waals surface area contributed by atoms with Gasteiger partial charge in [-0.3, -0.25) is 9.59 Å². The summed E-state index contributed by atoms with van der Waals surface area (Å²) in [6.07, 6.45) is 3.32. The van der Waals surface area contributed by atoms with E-state index in [0.717, 1.165) is 25.9 Å². The van der Waals surface area contributed by atoms with E-state index in [9.17, 15) is 14.0 Å². The Bertz CT molecular complexity index is 914. The second-order valence-electron chi connectivity index (χ2n) is 7.67. The zero-order valence-electron chi connectivity index (χ0n) is 16.7. The molecule has 2 aromatic carbocycles. The van der Waals surface area contributed by atoms with E-state index in [2.05, 4.69) is 5.32 Å². The van der Waals surface area contributed by atoms with E-state index < -0.39 is 11.7 Å². The maximum Gasteiger partial charge on any atom is 0.229 e. The standard InChI is InChI=1S/C23H25FN2O4/c24-17-6-5-7-18(13-17)26-14-16(12-22(26)27)23(28)25-20-9-1-2-10-21(20)30-15-19-8-3-4-11-29-19/h1-2,5-7,9-10,13,16,19H,3-4,8,11-12,14-15H2,(H,25,28). The van der Waals surface area contributed by atoms with Crippen LogP contribution in [0.5, 0.6) is 5.75 Å². The van der Waals surface area contributed by atoms with Crippen molar-refractivity contribution in [2.75, 3.05) is 30.0 Å². The molecular formula is C23H25FN2O4. The molecule has 2 aliphatic rings. The highest BCUT2D eigenvalue weighted by molar-refractivity contribution is 6.03. The summed E-state index contributed by atoms with van der Waals surface area (Å²) in [5.74, 6) is -0.810. The molecule has 2 unspecified atom stereocenters. The molecule has 0 aromatic heterocycles. The number of carbonyl (C=O) groups is 2. The molecule has 2 aliphatic heterocycles. The summed E-state index contributed by atoms with van der Waals surface area (Å²) in [6.45, 7) is 1.40. The molecule has 0 bridgehead atoms. The van der Waals surface area contributed by atoms with Gasteiger partial charge in [-0.2, -0.15) is 0 Å². The van der Waals surface area contributed by atoms with Crippen LogP contribution in [0.1, 0.15) is 25.7 Å². The van der Waals surface area contributed by atoms with Gasteiger partial charge in [-0.25, -0.2) is 4.39 Å². The second-order valence-corrected chi connectivity index (χ2v) is 7.67. The molecule has 2 fully saturated rings. The number of ether oxygens (including phenoxy) is 2.